The number of methoxy groups -OCH3 is 2. The van der Waals surface area contributed by atoms with Crippen LogP contribution in [0.3, 0.4) is 0 Å². The van der Waals surface area contributed by atoms with Crippen LogP contribution in [0.15, 0.2) is 41.8 Å². The first kappa shape index (κ1) is 21.8. The topological polar surface area (TPSA) is 79.5 Å². The van der Waals surface area contributed by atoms with Gasteiger partial charge >= 0.3 is 0 Å². The molecule has 0 fully saturated rings. The van der Waals surface area contributed by atoms with E-state index in [0.717, 1.165) is 42.4 Å². The predicted molar refractivity (Wildman–Crippen MR) is 125 cm³/mol. The second-order valence-corrected chi connectivity index (χ2v) is 10.4. The van der Waals surface area contributed by atoms with E-state index in [1.54, 1.807) is 36.9 Å². The number of thiazole rings is 1. The van der Waals surface area contributed by atoms with E-state index in [2.05, 4.69) is 4.57 Å². The number of nitrogens with zero attached hydrogens (tertiary/aromatic N) is 1. The van der Waals surface area contributed by atoms with E-state index in [-0.39, 0.29) is 12.2 Å². The molecule has 0 aliphatic heterocycles. The summed E-state index contributed by atoms with van der Waals surface area (Å²) in [5.41, 5.74) is 2.05. The molecule has 0 aliphatic rings. The van der Waals surface area contributed by atoms with Crippen molar-refractivity contribution >= 4 is 65.2 Å². The zero-order valence-electron chi connectivity index (χ0n) is 17.0. The van der Waals surface area contributed by atoms with Gasteiger partial charge in [-0.25, -0.2) is 8.42 Å². The highest BCUT2D eigenvalue weighted by Gasteiger charge is 2.24. The molecule has 31 heavy (non-hydrogen) atoms. The van der Waals surface area contributed by atoms with Gasteiger partial charge in [0.2, 0.25) is 5.52 Å². The number of aryl methyl sites for hydroxylation is 1. The van der Waals surface area contributed by atoms with Crippen molar-refractivity contribution in [3.05, 3.63) is 52.3 Å². The average molecular weight is 476 g/mol. The number of rotatable bonds is 8. The summed E-state index contributed by atoms with van der Waals surface area (Å²) in [7, 11) is -0.967. The molecule has 0 radical (unpaired) electrons. The third-order valence-corrected chi connectivity index (χ3v) is 7.73. The van der Waals surface area contributed by atoms with E-state index in [0.29, 0.717) is 6.54 Å². The van der Waals surface area contributed by atoms with Gasteiger partial charge in [0, 0.05) is 29.7 Å². The van der Waals surface area contributed by atoms with E-state index in [4.69, 9.17) is 9.47 Å². The van der Waals surface area contributed by atoms with Crippen LogP contribution >= 0.6 is 22.7 Å². The maximum atomic E-state index is 11.1. The van der Waals surface area contributed by atoms with Crippen molar-refractivity contribution in [2.75, 3.05) is 20.0 Å². The molecule has 0 N–H and O–H groups in total. The van der Waals surface area contributed by atoms with Gasteiger partial charge in [0.15, 0.2) is 6.54 Å². The van der Waals surface area contributed by atoms with Gasteiger partial charge in [0.1, 0.15) is 20.9 Å². The van der Waals surface area contributed by atoms with Gasteiger partial charge in [-0.15, -0.1) is 11.3 Å². The number of benzene rings is 2. The Balaban J connectivity index is 1.80. The Labute approximate surface area is 188 Å². The Hall–Kier alpha value is -2.46. The lowest BCUT2D eigenvalue weighted by atomic mass is 10.2. The predicted octanol–water partition coefficient (Wildman–Crippen LogP) is 4.53. The fourth-order valence-electron chi connectivity index (χ4n) is 3.47. The number of hydrogen-bond acceptors (Lipinski definition) is 7. The molecule has 9 heteroatoms. The second kappa shape index (κ2) is 8.96. The maximum absolute atomic E-state index is 11.1. The standard InChI is InChI=1S/C22H21NO5S3/c1-27-16-7-4-15(5-8-16)6-9-20-23(11-3-13-31(24,25)26)21-19(30-20)14-18(28-2)17-10-12-29-22(17)21/h4-10,12,14H,3,11,13H2,1-2H3/b9-6+. The highest BCUT2D eigenvalue weighted by atomic mass is 32.2. The molecule has 0 spiro atoms. The molecule has 2 aromatic carbocycles. The monoisotopic (exact) mass is 475 g/mol. The van der Waals surface area contributed by atoms with Crippen LogP contribution in [0, 0.1) is 0 Å². The Morgan fingerprint density at radius 1 is 1.10 bits per heavy atom. The molecule has 0 bridgehead atoms. The number of hydrogen-bond donors (Lipinski definition) is 0. The van der Waals surface area contributed by atoms with Crippen LogP contribution in [0.25, 0.3) is 32.5 Å². The van der Waals surface area contributed by atoms with Crippen LogP contribution in [0.4, 0.5) is 0 Å². The molecule has 0 saturated heterocycles. The van der Waals surface area contributed by atoms with Crippen LogP contribution in [-0.2, 0) is 16.7 Å². The maximum Gasteiger partial charge on any atom is 0.262 e. The molecular weight excluding hydrogens is 454 g/mol. The first-order valence-corrected chi connectivity index (χ1v) is 12.8. The number of fused-ring (bicyclic) bond motifs is 3. The smallest absolute Gasteiger partial charge is 0.262 e. The Bertz CT molecular complexity index is 1350. The highest BCUT2D eigenvalue weighted by Crippen LogP contribution is 2.38. The molecule has 2 heterocycles. The quantitative estimate of drug-likeness (QED) is 0.276. The minimum absolute atomic E-state index is 0.255. The molecule has 0 atom stereocenters. The first-order valence-electron chi connectivity index (χ1n) is 9.56. The van der Waals surface area contributed by atoms with E-state index < -0.39 is 10.1 Å². The van der Waals surface area contributed by atoms with Gasteiger partial charge in [-0.2, -0.15) is 4.57 Å². The number of ether oxygens (including phenoxy) is 2. The molecular formula is C22H21NO5S3. The van der Waals surface area contributed by atoms with Gasteiger partial charge in [-0.1, -0.05) is 23.5 Å². The second-order valence-electron chi connectivity index (χ2n) is 6.90. The molecule has 4 rings (SSSR count). The van der Waals surface area contributed by atoms with Gasteiger partial charge in [0.25, 0.3) is 5.01 Å². The van der Waals surface area contributed by atoms with Crippen molar-refractivity contribution in [1.82, 2.24) is 0 Å². The SMILES string of the molecule is COc1ccc(/C=C/c2sc3cc(OC)c4ccsc4c3[n+]2CCCS(=O)(=O)[O-])cc1. The Morgan fingerprint density at radius 2 is 1.87 bits per heavy atom. The van der Waals surface area contributed by atoms with E-state index in [1.165, 1.54) is 0 Å². The minimum Gasteiger partial charge on any atom is -0.748 e. The summed E-state index contributed by atoms with van der Waals surface area (Å²) in [6.45, 7) is 0.434. The van der Waals surface area contributed by atoms with Gasteiger partial charge in [-0.05, 0) is 35.2 Å². The van der Waals surface area contributed by atoms with Crippen molar-refractivity contribution in [1.29, 1.82) is 0 Å². The Kier molecular flexibility index (Phi) is 6.29. The zero-order valence-corrected chi connectivity index (χ0v) is 19.5. The number of aromatic nitrogens is 1. The lowest BCUT2D eigenvalue weighted by molar-refractivity contribution is -0.667. The van der Waals surface area contributed by atoms with Gasteiger partial charge < -0.3 is 14.0 Å². The molecule has 0 amide bonds. The lowest BCUT2D eigenvalue weighted by Crippen LogP contribution is -2.36. The molecule has 0 saturated carbocycles. The molecule has 162 valence electrons. The highest BCUT2D eigenvalue weighted by molar-refractivity contribution is 7.85. The summed E-state index contributed by atoms with van der Waals surface area (Å²) >= 11 is 3.23. The summed E-state index contributed by atoms with van der Waals surface area (Å²) in [5.74, 6) is 1.22. The van der Waals surface area contributed by atoms with Crippen molar-refractivity contribution in [3.8, 4) is 11.5 Å². The summed E-state index contributed by atoms with van der Waals surface area (Å²) in [4.78, 5) is 0. The van der Waals surface area contributed by atoms with Crippen LogP contribution < -0.4 is 14.0 Å². The van der Waals surface area contributed by atoms with E-state index >= 15 is 0 Å². The molecule has 0 unspecified atom stereocenters. The molecule has 0 aliphatic carbocycles. The fourth-order valence-corrected chi connectivity index (χ4v) is 6.12. The van der Waals surface area contributed by atoms with Crippen molar-refractivity contribution in [2.24, 2.45) is 0 Å². The molecule has 6 nitrogen and oxygen atoms in total. The van der Waals surface area contributed by atoms with Gasteiger partial charge in [0.05, 0.1) is 24.3 Å². The van der Waals surface area contributed by atoms with Crippen molar-refractivity contribution in [2.45, 2.75) is 13.0 Å². The summed E-state index contributed by atoms with van der Waals surface area (Å²) in [5, 5.41) is 4.01. The molecule has 4 aromatic rings. The molecule has 2 aromatic heterocycles. The van der Waals surface area contributed by atoms with Gasteiger partial charge in [-0.3, -0.25) is 0 Å². The van der Waals surface area contributed by atoms with E-state index in [1.807, 2.05) is 53.9 Å². The normalized spacial score (nSPS) is 12.2. The largest absolute Gasteiger partial charge is 0.748 e. The summed E-state index contributed by atoms with van der Waals surface area (Å²) < 4.78 is 48.4. The lowest BCUT2D eigenvalue weighted by Gasteiger charge is -2.05. The third kappa shape index (κ3) is 4.74. The minimum atomic E-state index is -4.25. The number of thiophene rings is 1. The van der Waals surface area contributed by atoms with Crippen LogP contribution in [-0.4, -0.2) is 32.9 Å². The zero-order chi connectivity index (χ0) is 22.0. The third-order valence-electron chi connectivity index (χ3n) is 4.92. The first-order chi connectivity index (χ1) is 14.9. The summed E-state index contributed by atoms with van der Waals surface area (Å²) in [6, 6.07) is 11.8. The average Bonchev–Trinajstić information content (AvgIpc) is 3.36. The van der Waals surface area contributed by atoms with Crippen molar-refractivity contribution in [3.63, 3.8) is 0 Å². The van der Waals surface area contributed by atoms with E-state index in [9.17, 15) is 13.0 Å². The van der Waals surface area contributed by atoms with Crippen LogP contribution in [0.1, 0.15) is 17.0 Å². The van der Waals surface area contributed by atoms with Crippen LogP contribution in [0.5, 0.6) is 11.5 Å². The summed E-state index contributed by atoms with van der Waals surface area (Å²) in [6.07, 6.45) is 4.28. The Morgan fingerprint density at radius 3 is 2.55 bits per heavy atom. The fraction of sp³-hybridized carbons (Fsp3) is 0.227. The van der Waals surface area contributed by atoms with Crippen LogP contribution in [0.2, 0.25) is 0 Å². The van der Waals surface area contributed by atoms with Crippen molar-refractivity contribution < 1.29 is 27.0 Å².